The lowest BCUT2D eigenvalue weighted by Crippen LogP contribution is -2.51. The first-order valence-electron chi connectivity index (χ1n) is 7.76. The van der Waals surface area contributed by atoms with Crippen LogP contribution in [0, 0.1) is 0 Å². The van der Waals surface area contributed by atoms with Crippen molar-refractivity contribution in [1.29, 1.82) is 0 Å². The van der Waals surface area contributed by atoms with E-state index in [4.69, 9.17) is 5.73 Å². The highest BCUT2D eigenvalue weighted by Gasteiger charge is 2.31. The Bertz CT molecular complexity index is 292. The molecule has 1 fully saturated rings. The normalized spacial score (nSPS) is 20.1. The summed E-state index contributed by atoms with van der Waals surface area (Å²) >= 11 is 0. The van der Waals surface area contributed by atoms with Gasteiger partial charge in [-0.2, -0.15) is 0 Å². The number of unbranched alkanes of at least 4 members (excludes halogenated alkanes) is 7. The molecule has 110 valence electrons. The van der Waals surface area contributed by atoms with E-state index in [1.54, 1.807) is 0 Å². The van der Waals surface area contributed by atoms with E-state index in [0.717, 1.165) is 12.8 Å². The van der Waals surface area contributed by atoms with Crippen molar-refractivity contribution in [2.45, 2.75) is 77.2 Å². The fraction of sp³-hybridized carbons (Fsp3) is 0.867. The van der Waals surface area contributed by atoms with Gasteiger partial charge in [-0.1, -0.05) is 51.9 Å². The van der Waals surface area contributed by atoms with Crippen LogP contribution in [0.3, 0.4) is 0 Å². The summed E-state index contributed by atoms with van der Waals surface area (Å²) in [5, 5.41) is 0. The Morgan fingerprint density at radius 1 is 1.05 bits per heavy atom. The molecule has 1 saturated heterocycles. The number of nitrogens with two attached hydrogens (primary N) is 1. The van der Waals surface area contributed by atoms with Crippen molar-refractivity contribution in [2.24, 2.45) is 5.73 Å². The molecule has 0 radical (unpaired) electrons. The zero-order valence-corrected chi connectivity index (χ0v) is 12.2. The molecule has 1 aliphatic heterocycles. The standard InChI is InChI=1S/C15H28N2O2/c1-2-3-4-5-6-7-8-9-12-17-14(18)11-10-13(16)15(17)19/h13H,2-12,16H2,1H3. The topological polar surface area (TPSA) is 63.4 Å². The first kappa shape index (κ1) is 16.2. The summed E-state index contributed by atoms with van der Waals surface area (Å²) in [6.07, 6.45) is 10.6. The smallest absolute Gasteiger partial charge is 0.246 e. The lowest BCUT2D eigenvalue weighted by atomic mass is 10.0. The summed E-state index contributed by atoms with van der Waals surface area (Å²) in [7, 11) is 0. The van der Waals surface area contributed by atoms with Crippen LogP contribution in [0.25, 0.3) is 0 Å². The fourth-order valence-electron chi connectivity index (χ4n) is 2.50. The third kappa shape index (κ3) is 5.72. The van der Waals surface area contributed by atoms with Crippen molar-refractivity contribution in [3.63, 3.8) is 0 Å². The Morgan fingerprint density at radius 3 is 2.26 bits per heavy atom. The van der Waals surface area contributed by atoms with Gasteiger partial charge in [0.1, 0.15) is 0 Å². The zero-order valence-electron chi connectivity index (χ0n) is 12.2. The molecule has 0 aliphatic carbocycles. The molecule has 1 heterocycles. The lowest BCUT2D eigenvalue weighted by molar-refractivity contribution is -0.149. The van der Waals surface area contributed by atoms with Gasteiger partial charge in [0, 0.05) is 13.0 Å². The van der Waals surface area contributed by atoms with Gasteiger partial charge >= 0.3 is 0 Å². The zero-order chi connectivity index (χ0) is 14.1. The van der Waals surface area contributed by atoms with E-state index < -0.39 is 6.04 Å². The number of hydrogen-bond acceptors (Lipinski definition) is 3. The highest BCUT2D eigenvalue weighted by Crippen LogP contribution is 2.14. The van der Waals surface area contributed by atoms with E-state index in [-0.39, 0.29) is 11.8 Å². The number of imide groups is 1. The summed E-state index contributed by atoms with van der Waals surface area (Å²) < 4.78 is 0. The minimum atomic E-state index is -0.466. The summed E-state index contributed by atoms with van der Waals surface area (Å²) in [6, 6.07) is -0.466. The highest BCUT2D eigenvalue weighted by molar-refractivity contribution is 6.00. The molecule has 1 atom stereocenters. The van der Waals surface area contributed by atoms with E-state index in [0.29, 0.717) is 19.4 Å². The molecular formula is C15H28N2O2. The van der Waals surface area contributed by atoms with E-state index in [9.17, 15) is 9.59 Å². The SMILES string of the molecule is CCCCCCCCCCN1C(=O)CCC(N)C1=O. The molecule has 19 heavy (non-hydrogen) atoms. The predicted octanol–water partition coefficient (Wildman–Crippen LogP) is 2.60. The summed E-state index contributed by atoms with van der Waals surface area (Å²) in [6.45, 7) is 2.78. The summed E-state index contributed by atoms with van der Waals surface area (Å²) in [5.74, 6) is -0.228. The van der Waals surface area contributed by atoms with Gasteiger partial charge < -0.3 is 5.73 Å². The van der Waals surface area contributed by atoms with E-state index in [2.05, 4.69) is 6.92 Å². The van der Waals surface area contributed by atoms with Crippen molar-refractivity contribution < 1.29 is 9.59 Å². The average Bonchev–Trinajstić information content (AvgIpc) is 2.40. The minimum Gasteiger partial charge on any atom is -0.320 e. The molecule has 0 aromatic rings. The molecule has 4 heteroatoms. The largest absolute Gasteiger partial charge is 0.320 e. The molecule has 1 unspecified atom stereocenters. The Balaban J connectivity index is 2.08. The quantitative estimate of drug-likeness (QED) is 0.516. The molecule has 0 spiro atoms. The van der Waals surface area contributed by atoms with Crippen LogP contribution in [0.4, 0.5) is 0 Å². The van der Waals surface area contributed by atoms with Crippen molar-refractivity contribution in [2.75, 3.05) is 6.54 Å². The number of likely N-dealkylation sites (tertiary alicyclic amines) is 1. The van der Waals surface area contributed by atoms with Crippen LogP contribution in [0.5, 0.6) is 0 Å². The van der Waals surface area contributed by atoms with Crippen LogP contribution in [-0.2, 0) is 9.59 Å². The number of piperidine rings is 1. The van der Waals surface area contributed by atoms with Crippen LogP contribution >= 0.6 is 0 Å². The van der Waals surface area contributed by atoms with Gasteiger partial charge in [0.15, 0.2) is 0 Å². The van der Waals surface area contributed by atoms with E-state index in [1.807, 2.05) is 0 Å². The second-order valence-corrected chi connectivity index (χ2v) is 5.50. The van der Waals surface area contributed by atoms with Crippen LogP contribution in [-0.4, -0.2) is 29.3 Å². The van der Waals surface area contributed by atoms with Crippen molar-refractivity contribution >= 4 is 11.8 Å². The summed E-state index contributed by atoms with van der Waals surface area (Å²) in [5.41, 5.74) is 5.69. The molecule has 0 saturated carbocycles. The Hall–Kier alpha value is -0.900. The molecule has 1 aliphatic rings. The maximum absolute atomic E-state index is 11.8. The Labute approximate surface area is 116 Å². The van der Waals surface area contributed by atoms with Gasteiger partial charge in [0.2, 0.25) is 11.8 Å². The molecule has 1 rings (SSSR count). The highest BCUT2D eigenvalue weighted by atomic mass is 16.2. The number of nitrogens with zero attached hydrogens (tertiary/aromatic N) is 1. The maximum Gasteiger partial charge on any atom is 0.246 e. The molecule has 4 nitrogen and oxygen atoms in total. The molecular weight excluding hydrogens is 240 g/mol. The minimum absolute atomic E-state index is 0.0466. The number of amides is 2. The van der Waals surface area contributed by atoms with Gasteiger partial charge in [0.05, 0.1) is 6.04 Å². The lowest BCUT2D eigenvalue weighted by Gasteiger charge is -2.28. The maximum atomic E-state index is 11.8. The molecule has 0 aromatic carbocycles. The second kappa shape index (κ2) is 9.08. The molecule has 0 aromatic heterocycles. The predicted molar refractivity (Wildman–Crippen MR) is 76.5 cm³/mol. The number of rotatable bonds is 9. The van der Waals surface area contributed by atoms with E-state index in [1.165, 1.54) is 43.4 Å². The van der Waals surface area contributed by atoms with Gasteiger partial charge in [-0.15, -0.1) is 0 Å². The Morgan fingerprint density at radius 2 is 1.63 bits per heavy atom. The first-order valence-corrected chi connectivity index (χ1v) is 7.76. The van der Waals surface area contributed by atoms with Crippen LogP contribution < -0.4 is 5.73 Å². The first-order chi connectivity index (χ1) is 9.16. The van der Waals surface area contributed by atoms with Crippen molar-refractivity contribution in [3.8, 4) is 0 Å². The van der Waals surface area contributed by atoms with Gasteiger partial charge in [-0.3, -0.25) is 14.5 Å². The number of carbonyl (C=O) groups excluding carboxylic acids is 2. The molecule has 2 N–H and O–H groups in total. The van der Waals surface area contributed by atoms with Gasteiger partial charge in [0.25, 0.3) is 0 Å². The third-order valence-electron chi connectivity index (χ3n) is 3.79. The second-order valence-electron chi connectivity index (χ2n) is 5.50. The monoisotopic (exact) mass is 268 g/mol. The van der Waals surface area contributed by atoms with Crippen LogP contribution in [0.1, 0.15) is 71.1 Å². The van der Waals surface area contributed by atoms with E-state index >= 15 is 0 Å². The number of carbonyl (C=O) groups is 2. The fourth-order valence-corrected chi connectivity index (χ4v) is 2.50. The van der Waals surface area contributed by atoms with Crippen molar-refractivity contribution in [1.82, 2.24) is 4.90 Å². The Kier molecular flexibility index (Phi) is 7.72. The van der Waals surface area contributed by atoms with Crippen LogP contribution in [0.2, 0.25) is 0 Å². The average molecular weight is 268 g/mol. The van der Waals surface area contributed by atoms with Gasteiger partial charge in [-0.25, -0.2) is 0 Å². The van der Waals surface area contributed by atoms with Crippen molar-refractivity contribution in [3.05, 3.63) is 0 Å². The number of hydrogen-bond donors (Lipinski definition) is 1. The third-order valence-corrected chi connectivity index (χ3v) is 3.79. The summed E-state index contributed by atoms with van der Waals surface area (Å²) in [4.78, 5) is 24.8. The van der Waals surface area contributed by atoms with Crippen LogP contribution in [0.15, 0.2) is 0 Å². The molecule has 0 bridgehead atoms. The molecule has 2 amide bonds. The van der Waals surface area contributed by atoms with Gasteiger partial charge in [-0.05, 0) is 12.8 Å².